The fourth-order valence-corrected chi connectivity index (χ4v) is 4.72. The van der Waals surface area contributed by atoms with Gasteiger partial charge in [0.25, 0.3) is 0 Å². The van der Waals surface area contributed by atoms with Crippen LogP contribution in [0.5, 0.6) is 0 Å². The molecule has 0 unspecified atom stereocenters. The number of quaternary nitrogens is 1. The molecule has 1 saturated heterocycles. The van der Waals surface area contributed by atoms with Gasteiger partial charge in [0.1, 0.15) is 36.8 Å². The van der Waals surface area contributed by atoms with E-state index in [1.54, 1.807) is 4.90 Å². The normalized spacial score (nSPS) is 16.5. The molecular formula is C22H29BrN4O+2. The van der Waals surface area contributed by atoms with Gasteiger partial charge in [-0.3, -0.25) is 5.73 Å². The first-order valence-electron chi connectivity index (χ1n) is 10.2. The first-order valence-corrected chi connectivity index (χ1v) is 11.0. The highest BCUT2D eigenvalue weighted by atomic mass is 79.9. The Morgan fingerprint density at radius 3 is 2.68 bits per heavy atom. The van der Waals surface area contributed by atoms with E-state index in [0.717, 1.165) is 34.2 Å². The highest BCUT2D eigenvalue weighted by Gasteiger charge is 2.24. The van der Waals surface area contributed by atoms with Crippen LogP contribution in [-0.2, 0) is 13.1 Å². The van der Waals surface area contributed by atoms with Crippen LogP contribution in [0.15, 0.2) is 53.0 Å². The first-order chi connectivity index (χ1) is 13.6. The second-order valence-corrected chi connectivity index (χ2v) is 8.66. The minimum Gasteiger partial charge on any atom is -0.385 e. The molecule has 0 amide bonds. The second-order valence-electron chi connectivity index (χ2n) is 7.74. The van der Waals surface area contributed by atoms with Crippen LogP contribution in [-0.4, -0.2) is 29.3 Å². The topological polar surface area (TPSA) is 59.5 Å². The summed E-state index contributed by atoms with van der Waals surface area (Å²) in [6.07, 6.45) is 3.41. The quantitative estimate of drug-likeness (QED) is 0.509. The summed E-state index contributed by atoms with van der Waals surface area (Å²) in [6, 6.07) is 16.1. The minimum atomic E-state index is -0.614. The molecule has 0 spiro atoms. The third-order valence-electron chi connectivity index (χ3n) is 5.85. The molecule has 28 heavy (non-hydrogen) atoms. The van der Waals surface area contributed by atoms with Gasteiger partial charge in [-0.1, -0.05) is 40.2 Å². The van der Waals surface area contributed by atoms with Crippen molar-refractivity contribution >= 4 is 32.9 Å². The van der Waals surface area contributed by atoms with Crippen LogP contribution >= 0.6 is 15.9 Å². The Balaban J connectivity index is 1.60. The monoisotopic (exact) mass is 444 g/mol. The van der Waals surface area contributed by atoms with Crippen LogP contribution in [0.1, 0.15) is 30.9 Å². The summed E-state index contributed by atoms with van der Waals surface area (Å²) in [6.45, 7) is 4.96. The molecule has 1 aromatic heterocycles. The number of aliphatic hydroxyl groups is 1. The lowest BCUT2D eigenvalue weighted by atomic mass is 10.1. The van der Waals surface area contributed by atoms with Gasteiger partial charge in [0.2, 0.25) is 0 Å². The maximum absolute atomic E-state index is 10.8. The van der Waals surface area contributed by atoms with Crippen molar-refractivity contribution in [2.45, 2.75) is 38.5 Å². The Bertz CT molecular complexity index is 949. The van der Waals surface area contributed by atoms with E-state index in [-0.39, 0.29) is 0 Å². The van der Waals surface area contributed by atoms with Crippen LogP contribution in [0.4, 0.5) is 5.95 Å². The number of likely N-dealkylation sites (tertiary alicyclic amines) is 1. The van der Waals surface area contributed by atoms with Crippen molar-refractivity contribution in [1.82, 2.24) is 4.57 Å². The number of imidazole rings is 1. The molecule has 1 atom stereocenters. The maximum Gasteiger partial charge on any atom is 0.356 e. The van der Waals surface area contributed by atoms with Crippen LogP contribution < -0.4 is 15.2 Å². The summed E-state index contributed by atoms with van der Waals surface area (Å²) in [5, 5.41) is 10.8. The molecule has 1 fully saturated rings. The highest BCUT2D eigenvalue weighted by molar-refractivity contribution is 9.10. The second kappa shape index (κ2) is 8.64. The number of fused-ring (bicyclic) bond motifs is 1. The number of aliphatic hydroxyl groups excluding tert-OH is 1. The van der Waals surface area contributed by atoms with Crippen LogP contribution in [0.3, 0.4) is 0 Å². The molecule has 148 valence electrons. The fraction of sp³-hybridized carbons (Fsp3) is 0.409. The maximum atomic E-state index is 10.8. The van der Waals surface area contributed by atoms with E-state index in [4.69, 9.17) is 5.73 Å². The summed E-state index contributed by atoms with van der Waals surface area (Å²) >= 11 is 3.48. The zero-order chi connectivity index (χ0) is 19.5. The van der Waals surface area contributed by atoms with Crippen molar-refractivity contribution in [3.63, 3.8) is 0 Å². The zero-order valence-corrected chi connectivity index (χ0v) is 17.7. The van der Waals surface area contributed by atoms with Gasteiger partial charge >= 0.3 is 5.95 Å². The summed E-state index contributed by atoms with van der Waals surface area (Å²) in [5.41, 5.74) is 9.68. The number of nitrogens with one attached hydrogen (secondary N) is 1. The lowest BCUT2D eigenvalue weighted by Crippen LogP contribution is -3.13. The molecular weight excluding hydrogens is 416 g/mol. The Morgan fingerprint density at radius 2 is 1.89 bits per heavy atom. The molecule has 2 heterocycles. The summed E-state index contributed by atoms with van der Waals surface area (Å²) < 4.78 is 5.23. The number of nitrogen functional groups attached to an aromatic ring is 1. The van der Waals surface area contributed by atoms with E-state index < -0.39 is 6.10 Å². The number of nitrogens with two attached hydrogens (primary N) is 1. The van der Waals surface area contributed by atoms with Gasteiger partial charge in [0.15, 0.2) is 0 Å². The minimum absolute atomic E-state index is 0.437. The lowest BCUT2D eigenvalue weighted by Gasteiger charge is -2.22. The third kappa shape index (κ3) is 4.09. The molecule has 4 rings (SSSR count). The van der Waals surface area contributed by atoms with Gasteiger partial charge in [-0.15, -0.1) is 0 Å². The van der Waals surface area contributed by atoms with E-state index in [1.165, 1.54) is 32.4 Å². The third-order valence-corrected chi connectivity index (χ3v) is 6.35. The number of anilines is 1. The smallest absolute Gasteiger partial charge is 0.356 e. The van der Waals surface area contributed by atoms with Crippen LogP contribution in [0, 0.1) is 0 Å². The average Bonchev–Trinajstić information content (AvgIpc) is 2.98. The first kappa shape index (κ1) is 19.4. The van der Waals surface area contributed by atoms with Gasteiger partial charge in [0, 0.05) is 4.47 Å². The summed E-state index contributed by atoms with van der Waals surface area (Å²) in [7, 11) is 0. The summed E-state index contributed by atoms with van der Waals surface area (Å²) in [4.78, 5) is 1.67. The SMILES string of the molecule is Nc1n(CC[NH+]2CCCCC2)c2ccccc2[n+]1C[C@@H](O)c1cccc(Br)c1. The zero-order valence-electron chi connectivity index (χ0n) is 16.1. The molecule has 5 nitrogen and oxygen atoms in total. The number of halogens is 1. The standard InChI is InChI=1S/C22H27BrN4O/c23-18-8-6-7-17(15-18)21(28)16-27-20-10-3-2-9-19(20)26(22(27)24)14-13-25-11-4-1-5-12-25/h2-3,6-10,15,21,24,28H,1,4-5,11-14,16H2/p+2/t21-/m1/s1. The molecule has 0 radical (unpaired) electrons. The molecule has 4 N–H and O–H groups in total. The summed E-state index contributed by atoms with van der Waals surface area (Å²) in [5.74, 6) is 0.714. The van der Waals surface area contributed by atoms with E-state index >= 15 is 0 Å². The molecule has 0 saturated carbocycles. The fourth-order valence-electron chi connectivity index (χ4n) is 4.30. The van der Waals surface area contributed by atoms with E-state index in [2.05, 4.69) is 38.7 Å². The van der Waals surface area contributed by atoms with Gasteiger partial charge in [-0.05, 0) is 49.1 Å². The number of rotatable bonds is 6. The molecule has 0 bridgehead atoms. The average molecular weight is 445 g/mol. The van der Waals surface area contributed by atoms with Gasteiger partial charge < -0.3 is 10.0 Å². The number of nitrogens with zero attached hydrogens (tertiary/aromatic N) is 2. The van der Waals surface area contributed by atoms with Crippen molar-refractivity contribution in [2.75, 3.05) is 25.4 Å². The van der Waals surface area contributed by atoms with Crippen LogP contribution in [0.2, 0.25) is 0 Å². The molecule has 1 aliphatic rings. The number of hydrogen-bond donors (Lipinski definition) is 3. The van der Waals surface area contributed by atoms with E-state index in [9.17, 15) is 5.11 Å². The number of piperidine rings is 1. The number of para-hydroxylation sites is 2. The molecule has 1 aliphatic heterocycles. The Morgan fingerprint density at radius 1 is 1.11 bits per heavy atom. The van der Waals surface area contributed by atoms with Crippen LogP contribution in [0.25, 0.3) is 11.0 Å². The molecule has 2 aromatic carbocycles. The highest BCUT2D eigenvalue weighted by Crippen LogP contribution is 2.21. The van der Waals surface area contributed by atoms with Crippen molar-refractivity contribution in [3.8, 4) is 0 Å². The molecule has 0 aliphatic carbocycles. The number of hydrogen-bond acceptors (Lipinski definition) is 2. The van der Waals surface area contributed by atoms with Crippen molar-refractivity contribution < 1.29 is 14.6 Å². The van der Waals surface area contributed by atoms with Crippen molar-refractivity contribution in [3.05, 3.63) is 58.6 Å². The molecule has 6 heteroatoms. The Labute approximate surface area is 174 Å². The van der Waals surface area contributed by atoms with Gasteiger partial charge in [0.05, 0.1) is 13.1 Å². The number of benzene rings is 2. The number of aromatic nitrogens is 2. The van der Waals surface area contributed by atoms with E-state index in [1.807, 2.05) is 34.9 Å². The molecule has 3 aromatic rings. The van der Waals surface area contributed by atoms with E-state index in [0.29, 0.717) is 12.5 Å². The van der Waals surface area contributed by atoms with Gasteiger partial charge in [-0.2, -0.15) is 0 Å². The van der Waals surface area contributed by atoms with Crippen molar-refractivity contribution in [1.29, 1.82) is 0 Å². The lowest BCUT2D eigenvalue weighted by molar-refractivity contribution is -0.905. The van der Waals surface area contributed by atoms with Crippen molar-refractivity contribution in [2.24, 2.45) is 0 Å². The Kier molecular flexibility index (Phi) is 5.99. The van der Waals surface area contributed by atoms with Gasteiger partial charge in [-0.25, -0.2) is 9.13 Å². The predicted molar refractivity (Wildman–Crippen MR) is 115 cm³/mol. The largest absolute Gasteiger partial charge is 0.385 e. The predicted octanol–water partition coefficient (Wildman–Crippen LogP) is 2.08. The Hall–Kier alpha value is -1.89.